The summed E-state index contributed by atoms with van der Waals surface area (Å²) in [5.41, 5.74) is 5.64. The van der Waals surface area contributed by atoms with Gasteiger partial charge in [0.05, 0.1) is 6.42 Å². The SMILES string of the molecule is NC[C@]1(CC(=O)O)CC[C@H]2C[C@@H]2C1. The second-order valence-corrected chi connectivity index (χ2v) is 4.77. The van der Waals surface area contributed by atoms with E-state index in [9.17, 15) is 4.79 Å². The lowest BCUT2D eigenvalue weighted by molar-refractivity contribution is -0.140. The van der Waals surface area contributed by atoms with E-state index in [1.54, 1.807) is 0 Å². The van der Waals surface area contributed by atoms with Gasteiger partial charge in [-0.15, -0.1) is 0 Å². The van der Waals surface area contributed by atoms with Crippen LogP contribution in [0.1, 0.15) is 32.1 Å². The first kappa shape index (κ1) is 9.00. The van der Waals surface area contributed by atoms with E-state index in [0.29, 0.717) is 6.54 Å². The molecule has 0 amide bonds. The summed E-state index contributed by atoms with van der Waals surface area (Å²) in [7, 11) is 0. The zero-order chi connectivity index (χ0) is 9.47. The van der Waals surface area contributed by atoms with E-state index in [4.69, 9.17) is 10.8 Å². The second kappa shape index (κ2) is 2.98. The van der Waals surface area contributed by atoms with Crippen LogP contribution in [0.15, 0.2) is 0 Å². The third-order valence-electron chi connectivity index (χ3n) is 3.77. The van der Waals surface area contributed by atoms with E-state index >= 15 is 0 Å². The molecule has 0 saturated heterocycles. The Hall–Kier alpha value is -0.570. The number of carboxylic acid groups (broad SMARTS) is 1. The van der Waals surface area contributed by atoms with Gasteiger partial charge in [-0.25, -0.2) is 0 Å². The highest BCUT2D eigenvalue weighted by Crippen LogP contribution is 2.56. The summed E-state index contributed by atoms with van der Waals surface area (Å²) in [6, 6.07) is 0. The Kier molecular flexibility index (Phi) is 2.06. The fourth-order valence-electron chi connectivity index (χ4n) is 2.80. The van der Waals surface area contributed by atoms with Gasteiger partial charge < -0.3 is 10.8 Å². The summed E-state index contributed by atoms with van der Waals surface area (Å²) in [6.45, 7) is 0.544. The fraction of sp³-hybridized carbons (Fsp3) is 0.900. The van der Waals surface area contributed by atoms with Crippen LogP contribution in [0.3, 0.4) is 0 Å². The predicted molar refractivity (Wildman–Crippen MR) is 49.2 cm³/mol. The molecule has 0 heterocycles. The van der Waals surface area contributed by atoms with Crippen molar-refractivity contribution in [3.05, 3.63) is 0 Å². The molecule has 13 heavy (non-hydrogen) atoms. The highest BCUT2D eigenvalue weighted by molar-refractivity contribution is 5.67. The van der Waals surface area contributed by atoms with E-state index in [0.717, 1.165) is 24.7 Å². The molecule has 0 aromatic rings. The minimum Gasteiger partial charge on any atom is -0.481 e. The van der Waals surface area contributed by atoms with Gasteiger partial charge in [0.1, 0.15) is 0 Å². The molecule has 0 unspecified atom stereocenters. The molecule has 74 valence electrons. The van der Waals surface area contributed by atoms with Gasteiger partial charge in [-0.3, -0.25) is 4.79 Å². The lowest BCUT2D eigenvalue weighted by atomic mass is 9.72. The van der Waals surface area contributed by atoms with Gasteiger partial charge in [-0.1, -0.05) is 0 Å². The number of nitrogens with two attached hydrogens (primary N) is 1. The van der Waals surface area contributed by atoms with Crippen LogP contribution in [0, 0.1) is 17.3 Å². The molecule has 0 spiro atoms. The first-order valence-electron chi connectivity index (χ1n) is 5.07. The minimum atomic E-state index is -0.690. The number of carboxylic acids is 1. The zero-order valence-corrected chi connectivity index (χ0v) is 7.83. The summed E-state index contributed by atoms with van der Waals surface area (Å²) in [4.78, 5) is 10.7. The standard InChI is InChI=1S/C10H17NO2/c11-6-10(5-9(12)13)2-1-7-3-8(7)4-10/h7-8H,1-6,11H2,(H,12,13)/t7-,8+,10+/m0/s1. The fourth-order valence-corrected chi connectivity index (χ4v) is 2.80. The molecule has 2 fully saturated rings. The predicted octanol–water partition coefficient (Wildman–Crippen LogP) is 1.23. The molecule has 3 heteroatoms. The van der Waals surface area contributed by atoms with Gasteiger partial charge in [0.25, 0.3) is 0 Å². The quantitative estimate of drug-likeness (QED) is 0.691. The number of hydrogen-bond donors (Lipinski definition) is 2. The Labute approximate surface area is 78.3 Å². The highest BCUT2D eigenvalue weighted by Gasteiger charge is 2.48. The van der Waals surface area contributed by atoms with Crippen LogP contribution in [-0.4, -0.2) is 17.6 Å². The molecular weight excluding hydrogens is 166 g/mol. The van der Waals surface area contributed by atoms with Crippen molar-refractivity contribution in [2.24, 2.45) is 23.0 Å². The molecule has 3 atom stereocenters. The van der Waals surface area contributed by atoms with Crippen LogP contribution < -0.4 is 5.73 Å². The summed E-state index contributed by atoms with van der Waals surface area (Å²) in [5, 5.41) is 8.81. The summed E-state index contributed by atoms with van der Waals surface area (Å²) in [5.74, 6) is 1.02. The molecule has 2 aliphatic rings. The van der Waals surface area contributed by atoms with E-state index in [2.05, 4.69) is 0 Å². The molecule has 3 N–H and O–H groups in total. The largest absolute Gasteiger partial charge is 0.481 e. The number of rotatable bonds is 3. The molecule has 2 rings (SSSR count). The van der Waals surface area contributed by atoms with Gasteiger partial charge in [-0.05, 0) is 49.5 Å². The van der Waals surface area contributed by atoms with Crippen LogP contribution >= 0.6 is 0 Å². The van der Waals surface area contributed by atoms with E-state index in [-0.39, 0.29) is 11.8 Å². The van der Waals surface area contributed by atoms with Gasteiger partial charge >= 0.3 is 5.97 Å². The normalized spacial score (nSPS) is 42.5. The molecule has 2 saturated carbocycles. The lowest BCUT2D eigenvalue weighted by Crippen LogP contribution is -2.35. The van der Waals surface area contributed by atoms with Crippen molar-refractivity contribution < 1.29 is 9.90 Å². The molecule has 0 radical (unpaired) electrons. The Bertz CT molecular complexity index is 229. The molecule has 0 aromatic heterocycles. The zero-order valence-electron chi connectivity index (χ0n) is 7.83. The topological polar surface area (TPSA) is 63.3 Å². The van der Waals surface area contributed by atoms with E-state index in [1.165, 1.54) is 12.8 Å². The monoisotopic (exact) mass is 183 g/mol. The first-order valence-corrected chi connectivity index (χ1v) is 5.07. The summed E-state index contributed by atoms with van der Waals surface area (Å²) < 4.78 is 0. The Morgan fingerprint density at radius 1 is 1.54 bits per heavy atom. The molecule has 0 aliphatic heterocycles. The summed E-state index contributed by atoms with van der Waals surface area (Å²) >= 11 is 0. The van der Waals surface area contributed by atoms with E-state index < -0.39 is 5.97 Å². The Morgan fingerprint density at radius 3 is 2.85 bits per heavy atom. The Morgan fingerprint density at radius 2 is 2.31 bits per heavy atom. The number of aliphatic carboxylic acids is 1. The van der Waals surface area contributed by atoms with Crippen molar-refractivity contribution in [3.63, 3.8) is 0 Å². The smallest absolute Gasteiger partial charge is 0.303 e. The first-order chi connectivity index (χ1) is 6.15. The maximum Gasteiger partial charge on any atom is 0.303 e. The maximum atomic E-state index is 10.7. The van der Waals surface area contributed by atoms with Crippen LogP contribution in [0.4, 0.5) is 0 Å². The van der Waals surface area contributed by atoms with Gasteiger partial charge in [0.2, 0.25) is 0 Å². The van der Waals surface area contributed by atoms with E-state index in [1.807, 2.05) is 0 Å². The third-order valence-corrected chi connectivity index (χ3v) is 3.77. The van der Waals surface area contributed by atoms with Crippen molar-refractivity contribution in [3.8, 4) is 0 Å². The lowest BCUT2D eigenvalue weighted by Gasteiger charge is -2.34. The summed E-state index contributed by atoms with van der Waals surface area (Å²) in [6.07, 6.45) is 4.88. The maximum absolute atomic E-state index is 10.7. The van der Waals surface area contributed by atoms with Gasteiger partial charge in [0, 0.05) is 0 Å². The van der Waals surface area contributed by atoms with Crippen molar-refractivity contribution in [1.82, 2.24) is 0 Å². The van der Waals surface area contributed by atoms with Crippen LogP contribution in [0.2, 0.25) is 0 Å². The molecular formula is C10H17NO2. The number of hydrogen-bond acceptors (Lipinski definition) is 2. The molecule has 3 nitrogen and oxygen atoms in total. The van der Waals surface area contributed by atoms with Crippen LogP contribution in [0.5, 0.6) is 0 Å². The van der Waals surface area contributed by atoms with Crippen LogP contribution in [-0.2, 0) is 4.79 Å². The van der Waals surface area contributed by atoms with Gasteiger partial charge in [-0.2, -0.15) is 0 Å². The third kappa shape index (κ3) is 1.70. The molecule has 0 aromatic carbocycles. The van der Waals surface area contributed by atoms with Crippen molar-refractivity contribution in [2.45, 2.75) is 32.1 Å². The van der Waals surface area contributed by atoms with Crippen molar-refractivity contribution in [1.29, 1.82) is 0 Å². The van der Waals surface area contributed by atoms with Crippen molar-refractivity contribution >= 4 is 5.97 Å². The molecule has 2 aliphatic carbocycles. The van der Waals surface area contributed by atoms with Gasteiger partial charge in [0.15, 0.2) is 0 Å². The second-order valence-electron chi connectivity index (χ2n) is 4.77. The van der Waals surface area contributed by atoms with Crippen LogP contribution in [0.25, 0.3) is 0 Å². The number of carbonyl (C=O) groups is 1. The molecule has 0 bridgehead atoms. The average molecular weight is 183 g/mol. The average Bonchev–Trinajstić information content (AvgIpc) is 2.81. The number of fused-ring (bicyclic) bond motifs is 1. The Balaban J connectivity index is 2.01. The highest BCUT2D eigenvalue weighted by atomic mass is 16.4. The minimum absolute atomic E-state index is 0.0660. The van der Waals surface area contributed by atoms with Crippen molar-refractivity contribution in [2.75, 3.05) is 6.54 Å².